The van der Waals surface area contributed by atoms with Gasteiger partial charge in [0.25, 0.3) is 0 Å². The Hall–Kier alpha value is -2.22. The van der Waals surface area contributed by atoms with Gasteiger partial charge in [-0.15, -0.1) is 5.10 Å². The van der Waals surface area contributed by atoms with E-state index in [1.807, 2.05) is 20.8 Å². The summed E-state index contributed by atoms with van der Waals surface area (Å²) in [6.07, 6.45) is 1.59. The maximum atomic E-state index is 12.1. The van der Waals surface area contributed by atoms with Crippen molar-refractivity contribution in [3.63, 3.8) is 0 Å². The summed E-state index contributed by atoms with van der Waals surface area (Å²) in [5.74, 6) is 0.217. The van der Waals surface area contributed by atoms with Gasteiger partial charge in [-0.25, -0.2) is 4.79 Å². The summed E-state index contributed by atoms with van der Waals surface area (Å²) in [4.78, 5) is 25.7. The van der Waals surface area contributed by atoms with Gasteiger partial charge in [-0.1, -0.05) is 20.8 Å². The van der Waals surface area contributed by atoms with E-state index < -0.39 is 5.41 Å². The number of aromatic nitrogens is 2. The fourth-order valence-electron chi connectivity index (χ4n) is 2.24. The van der Waals surface area contributed by atoms with Gasteiger partial charge in [0.2, 0.25) is 5.91 Å². The molecule has 1 aromatic heterocycles. The standard InChI is InChI=1S/C15H23N5O3/c1-15(2,3)13(21)18-12-7-10(8-17-19-12)11(9-23-4)20-6-5-16-14(20)22/h7-8,11H,5-6,9H2,1-4H3,(H,16,22)(H,18,19,21). The lowest BCUT2D eigenvalue weighted by molar-refractivity contribution is -0.123. The molecule has 0 aliphatic carbocycles. The van der Waals surface area contributed by atoms with E-state index in [1.54, 1.807) is 24.3 Å². The molecule has 8 nitrogen and oxygen atoms in total. The number of amides is 3. The molecule has 2 N–H and O–H groups in total. The Balaban J connectivity index is 2.22. The first-order chi connectivity index (χ1) is 10.8. The molecule has 3 amide bonds. The number of nitrogens with one attached hydrogen (secondary N) is 2. The lowest BCUT2D eigenvalue weighted by Crippen LogP contribution is -2.35. The van der Waals surface area contributed by atoms with Crippen LogP contribution in [0.25, 0.3) is 0 Å². The van der Waals surface area contributed by atoms with Crippen molar-refractivity contribution in [1.82, 2.24) is 20.4 Å². The summed E-state index contributed by atoms with van der Waals surface area (Å²) < 4.78 is 5.24. The van der Waals surface area contributed by atoms with Crippen molar-refractivity contribution >= 4 is 17.8 Å². The summed E-state index contributed by atoms with van der Waals surface area (Å²) >= 11 is 0. The Morgan fingerprint density at radius 1 is 1.52 bits per heavy atom. The Bertz CT molecular complexity index is 585. The van der Waals surface area contributed by atoms with E-state index in [4.69, 9.17) is 4.74 Å². The zero-order valence-electron chi connectivity index (χ0n) is 13.9. The monoisotopic (exact) mass is 321 g/mol. The van der Waals surface area contributed by atoms with Crippen molar-refractivity contribution in [3.8, 4) is 0 Å². The van der Waals surface area contributed by atoms with Gasteiger partial charge < -0.3 is 20.3 Å². The van der Waals surface area contributed by atoms with E-state index in [1.165, 1.54) is 0 Å². The van der Waals surface area contributed by atoms with E-state index in [0.29, 0.717) is 25.5 Å². The van der Waals surface area contributed by atoms with Crippen LogP contribution in [-0.2, 0) is 9.53 Å². The number of ether oxygens (including phenoxy) is 1. The molecule has 2 rings (SSSR count). The molecule has 1 fully saturated rings. The van der Waals surface area contributed by atoms with Crippen molar-refractivity contribution < 1.29 is 14.3 Å². The molecule has 0 bridgehead atoms. The van der Waals surface area contributed by atoms with Crippen LogP contribution in [-0.4, -0.2) is 53.8 Å². The molecule has 0 spiro atoms. The van der Waals surface area contributed by atoms with Crippen molar-refractivity contribution in [2.24, 2.45) is 5.41 Å². The number of methoxy groups -OCH3 is 1. The zero-order chi connectivity index (χ0) is 17.0. The first kappa shape index (κ1) is 17.1. The first-order valence-corrected chi connectivity index (χ1v) is 7.50. The van der Waals surface area contributed by atoms with Crippen LogP contribution < -0.4 is 10.6 Å². The van der Waals surface area contributed by atoms with Crippen LogP contribution in [0.15, 0.2) is 12.3 Å². The molecule has 8 heteroatoms. The second kappa shape index (κ2) is 6.91. The van der Waals surface area contributed by atoms with Gasteiger partial charge in [-0.2, -0.15) is 5.10 Å². The van der Waals surface area contributed by atoms with Crippen LogP contribution in [0.5, 0.6) is 0 Å². The number of hydrogen-bond acceptors (Lipinski definition) is 5. The molecular formula is C15H23N5O3. The number of urea groups is 1. The predicted molar refractivity (Wildman–Crippen MR) is 84.8 cm³/mol. The number of carbonyl (C=O) groups is 2. The molecule has 2 heterocycles. The van der Waals surface area contributed by atoms with Crippen LogP contribution in [0.1, 0.15) is 32.4 Å². The highest BCUT2D eigenvalue weighted by Crippen LogP contribution is 2.24. The van der Waals surface area contributed by atoms with Crippen LogP contribution in [0.4, 0.5) is 10.6 Å². The van der Waals surface area contributed by atoms with E-state index in [9.17, 15) is 9.59 Å². The molecule has 0 aromatic carbocycles. The van der Waals surface area contributed by atoms with Gasteiger partial charge in [0.1, 0.15) is 0 Å². The first-order valence-electron chi connectivity index (χ1n) is 7.50. The average molecular weight is 321 g/mol. The normalized spacial score (nSPS) is 16.2. The van der Waals surface area contributed by atoms with Gasteiger partial charge >= 0.3 is 6.03 Å². The van der Waals surface area contributed by atoms with Gasteiger partial charge in [0.05, 0.1) is 18.8 Å². The van der Waals surface area contributed by atoms with Crippen LogP contribution in [0, 0.1) is 5.41 Å². The largest absolute Gasteiger partial charge is 0.382 e. The Morgan fingerprint density at radius 3 is 2.83 bits per heavy atom. The predicted octanol–water partition coefficient (Wildman–Crippen LogP) is 1.17. The summed E-state index contributed by atoms with van der Waals surface area (Å²) in [5, 5.41) is 13.4. The molecule has 1 saturated heterocycles. The summed E-state index contributed by atoms with van der Waals surface area (Å²) in [6, 6.07) is 1.32. The van der Waals surface area contributed by atoms with E-state index in [0.717, 1.165) is 5.56 Å². The second-order valence-corrected chi connectivity index (χ2v) is 6.47. The third kappa shape index (κ3) is 4.16. The maximum absolute atomic E-state index is 12.1. The lowest BCUT2D eigenvalue weighted by atomic mass is 9.96. The highest BCUT2D eigenvalue weighted by atomic mass is 16.5. The summed E-state index contributed by atoms with van der Waals surface area (Å²) in [5.41, 5.74) is 0.237. The molecule has 0 saturated carbocycles. The number of nitrogens with zero attached hydrogens (tertiary/aromatic N) is 3. The quantitative estimate of drug-likeness (QED) is 0.849. The van der Waals surface area contributed by atoms with Gasteiger partial charge in [-0.05, 0) is 6.07 Å². The smallest absolute Gasteiger partial charge is 0.318 e. The highest BCUT2D eigenvalue weighted by molar-refractivity contribution is 5.93. The molecule has 1 atom stereocenters. The third-order valence-electron chi connectivity index (χ3n) is 3.57. The Kier molecular flexibility index (Phi) is 5.15. The molecule has 1 aliphatic rings. The topological polar surface area (TPSA) is 96.5 Å². The Labute approximate surface area is 135 Å². The molecular weight excluding hydrogens is 298 g/mol. The Morgan fingerprint density at radius 2 is 2.26 bits per heavy atom. The minimum Gasteiger partial charge on any atom is -0.382 e. The van der Waals surface area contributed by atoms with Crippen molar-refractivity contribution in [2.45, 2.75) is 26.8 Å². The van der Waals surface area contributed by atoms with Crippen molar-refractivity contribution in [2.75, 3.05) is 32.1 Å². The number of rotatable bonds is 5. The van der Waals surface area contributed by atoms with Crippen LogP contribution in [0.2, 0.25) is 0 Å². The average Bonchev–Trinajstić information content (AvgIpc) is 2.90. The lowest BCUT2D eigenvalue weighted by Gasteiger charge is -2.26. The van der Waals surface area contributed by atoms with Crippen LogP contribution in [0.3, 0.4) is 0 Å². The summed E-state index contributed by atoms with van der Waals surface area (Å²) in [7, 11) is 1.58. The van der Waals surface area contributed by atoms with Gasteiger partial charge in [0.15, 0.2) is 5.82 Å². The van der Waals surface area contributed by atoms with E-state index >= 15 is 0 Å². The number of anilines is 1. The fraction of sp³-hybridized carbons (Fsp3) is 0.600. The van der Waals surface area contributed by atoms with Crippen molar-refractivity contribution in [1.29, 1.82) is 0 Å². The fourth-order valence-corrected chi connectivity index (χ4v) is 2.24. The van der Waals surface area contributed by atoms with E-state index in [-0.39, 0.29) is 18.0 Å². The third-order valence-corrected chi connectivity index (χ3v) is 3.57. The SMILES string of the molecule is COCC(c1cnnc(NC(=O)C(C)(C)C)c1)N1CCNC1=O. The minimum absolute atomic E-state index is 0.135. The van der Waals surface area contributed by atoms with Gasteiger partial charge in [0, 0.05) is 31.2 Å². The molecule has 23 heavy (non-hydrogen) atoms. The highest BCUT2D eigenvalue weighted by Gasteiger charge is 2.30. The van der Waals surface area contributed by atoms with E-state index in [2.05, 4.69) is 20.8 Å². The molecule has 1 aliphatic heterocycles. The second-order valence-electron chi connectivity index (χ2n) is 6.47. The summed E-state index contributed by atoms with van der Waals surface area (Å²) in [6.45, 7) is 7.00. The minimum atomic E-state index is -0.529. The van der Waals surface area contributed by atoms with Crippen molar-refractivity contribution in [3.05, 3.63) is 17.8 Å². The maximum Gasteiger partial charge on any atom is 0.318 e. The molecule has 1 aromatic rings. The number of hydrogen-bond donors (Lipinski definition) is 2. The molecule has 1 unspecified atom stereocenters. The van der Waals surface area contributed by atoms with Crippen LogP contribution >= 0.6 is 0 Å². The number of carbonyl (C=O) groups excluding carboxylic acids is 2. The molecule has 0 radical (unpaired) electrons. The molecule has 126 valence electrons. The zero-order valence-corrected chi connectivity index (χ0v) is 13.9. The van der Waals surface area contributed by atoms with Gasteiger partial charge in [-0.3, -0.25) is 4.79 Å².